The first kappa shape index (κ1) is 14.7. The van der Waals surface area contributed by atoms with Gasteiger partial charge in [0.15, 0.2) is 5.13 Å². The Morgan fingerprint density at radius 1 is 1.30 bits per heavy atom. The second kappa shape index (κ2) is 5.72. The number of nitro benzene ring substituents is 1. The van der Waals surface area contributed by atoms with Gasteiger partial charge in [-0.3, -0.25) is 10.1 Å². The van der Waals surface area contributed by atoms with E-state index in [2.05, 4.69) is 14.8 Å². The quantitative estimate of drug-likeness (QED) is 0.626. The zero-order valence-corrected chi connectivity index (χ0v) is 12.9. The number of hydrogen-bond acceptors (Lipinski definition) is 6. The smallest absolute Gasteiger partial charge is 0.273 e. The fourth-order valence-electron chi connectivity index (χ4n) is 1.91. The average Bonchev–Trinajstić information content (AvgIpc) is 2.80. The Balaban J connectivity index is 2.34. The molecule has 0 N–H and O–H groups in total. The number of aryl methyl sites for hydroxylation is 1. The second-order valence-corrected chi connectivity index (χ2v) is 6.01. The topological polar surface area (TPSA) is 62.5 Å². The largest absolute Gasteiger partial charge is 0.350 e. The van der Waals surface area contributed by atoms with Gasteiger partial charge in [0.05, 0.1) is 15.1 Å². The van der Waals surface area contributed by atoms with Gasteiger partial charge in [0.2, 0.25) is 0 Å². The number of benzene rings is 1. The van der Waals surface area contributed by atoms with E-state index in [1.165, 1.54) is 17.4 Å². The Morgan fingerprint density at radius 2 is 2.00 bits per heavy atom. The summed E-state index contributed by atoms with van der Waals surface area (Å²) < 4.78 is 0.894. The van der Waals surface area contributed by atoms with Crippen LogP contribution in [0.15, 0.2) is 12.1 Å². The van der Waals surface area contributed by atoms with Gasteiger partial charge < -0.3 is 9.80 Å². The third-order valence-electron chi connectivity index (χ3n) is 3.17. The molecule has 0 aliphatic rings. The van der Waals surface area contributed by atoms with Crippen molar-refractivity contribution in [1.29, 1.82) is 0 Å². The van der Waals surface area contributed by atoms with Gasteiger partial charge in [0.1, 0.15) is 0 Å². The third-order valence-corrected chi connectivity index (χ3v) is 4.48. The minimum absolute atomic E-state index is 0.156. The summed E-state index contributed by atoms with van der Waals surface area (Å²) in [6.45, 7) is 3.59. The summed E-state index contributed by atoms with van der Waals surface area (Å²) in [5, 5.41) is 11.9. The Kier molecular flexibility index (Phi) is 4.20. The van der Waals surface area contributed by atoms with Gasteiger partial charge in [-0.2, -0.15) is 0 Å². The maximum Gasteiger partial charge on any atom is 0.273 e. The molecule has 0 aliphatic heterocycles. The van der Waals surface area contributed by atoms with E-state index >= 15 is 0 Å². The zero-order chi connectivity index (χ0) is 14.9. The maximum absolute atomic E-state index is 11.0. The summed E-state index contributed by atoms with van der Waals surface area (Å²) in [5.41, 5.74) is 1.67. The number of hydrogen-bond donors (Lipinski definition) is 0. The number of aromatic nitrogens is 1. The lowest BCUT2D eigenvalue weighted by Crippen LogP contribution is -2.28. The Bertz CT molecular complexity index is 639. The minimum Gasteiger partial charge on any atom is -0.350 e. The number of nitrogens with zero attached hydrogens (tertiary/aromatic N) is 4. The molecule has 1 aromatic heterocycles. The molecule has 0 radical (unpaired) electrons. The molecule has 1 aromatic carbocycles. The van der Waals surface area contributed by atoms with Gasteiger partial charge >= 0.3 is 0 Å². The van der Waals surface area contributed by atoms with Crippen LogP contribution in [0.3, 0.4) is 0 Å². The van der Waals surface area contributed by atoms with Crippen LogP contribution in [0.1, 0.15) is 5.56 Å². The van der Waals surface area contributed by atoms with Crippen molar-refractivity contribution in [1.82, 2.24) is 9.88 Å². The fourth-order valence-corrected chi connectivity index (χ4v) is 2.96. The Labute approximate surface area is 121 Å². The highest BCUT2D eigenvalue weighted by Gasteiger charge is 2.17. The predicted octanol–water partition coefficient (Wildman–Crippen LogP) is 2.51. The second-order valence-electron chi connectivity index (χ2n) is 5.04. The van der Waals surface area contributed by atoms with Gasteiger partial charge in [-0.15, -0.1) is 0 Å². The summed E-state index contributed by atoms with van der Waals surface area (Å²) in [6, 6.07) is 3.25. The molecule has 0 atom stereocenters. The molecule has 0 amide bonds. The van der Waals surface area contributed by atoms with Crippen LogP contribution < -0.4 is 4.90 Å². The van der Waals surface area contributed by atoms with Crippen molar-refractivity contribution in [3.05, 3.63) is 27.8 Å². The molecule has 0 saturated heterocycles. The van der Waals surface area contributed by atoms with Crippen molar-refractivity contribution in [2.75, 3.05) is 39.1 Å². The summed E-state index contributed by atoms with van der Waals surface area (Å²) in [4.78, 5) is 19.4. The molecule has 0 spiro atoms. The third kappa shape index (κ3) is 2.88. The molecular weight excluding hydrogens is 276 g/mol. The van der Waals surface area contributed by atoms with Crippen LogP contribution in [0.4, 0.5) is 10.8 Å². The number of anilines is 1. The zero-order valence-electron chi connectivity index (χ0n) is 12.1. The highest BCUT2D eigenvalue weighted by molar-refractivity contribution is 7.22. The lowest BCUT2D eigenvalue weighted by molar-refractivity contribution is -0.385. The van der Waals surface area contributed by atoms with E-state index in [9.17, 15) is 10.1 Å². The van der Waals surface area contributed by atoms with E-state index in [4.69, 9.17) is 0 Å². The lowest BCUT2D eigenvalue weighted by atomic mass is 10.2. The molecule has 1 heterocycles. The van der Waals surface area contributed by atoms with E-state index < -0.39 is 0 Å². The highest BCUT2D eigenvalue weighted by atomic mass is 32.1. The van der Waals surface area contributed by atoms with Crippen LogP contribution in [-0.2, 0) is 0 Å². The summed E-state index contributed by atoms with van der Waals surface area (Å²) in [7, 11) is 6.05. The molecule has 2 aromatic rings. The molecule has 6 nitrogen and oxygen atoms in total. The number of likely N-dealkylation sites (N-methyl/N-ethyl adjacent to an activating group) is 2. The van der Waals surface area contributed by atoms with E-state index in [0.29, 0.717) is 5.56 Å². The normalized spacial score (nSPS) is 11.2. The fraction of sp³-hybridized carbons (Fsp3) is 0.462. The molecule has 0 saturated carbocycles. The van der Waals surface area contributed by atoms with Crippen molar-refractivity contribution in [3.63, 3.8) is 0 Å². The first-order valence-electron chi connectivity index (χ1n) is 6.30. The minimum atomic E-state index is -0.343. The van der Waals surface area contributed by atoms with Gasteiger partial charge in [-0.1, -0.05) is 11.3 Å². The summed E-state index contributed by atoms with van der Waals surface area (Å²) in [5.74, 6) is 0. The number of nitro groups is 1. The van der Waals surface area contributed by atoms with Gasteiger partial charge in [-0.05, 0) is 27.1 Å². The van der Waals surface area contributed by atoms with E-state index in [0.717, 1.165) is 28.4 Å². The van der Waals surface area contributed by atoms with Crippen LogP contribution in [0, 0.1) is 17.0 Å². The number of fused-ring (bicyclic) bond motifs is 1. The highest BCUT2D eigenvalue weighted by Crippen LogP contribution is 2.34. The standard InChI is InChI=1S/C13H18N4O2S/c1-9-11(17(18)19)6-5-10-12(9)20-13(14-10)16(4)8-7-15(2)3/h5-6H,7-8H2,1-4H3. The van der Waals surface area contributed by atoms with E-state index in [1.807, 2.05) is 21.1 Å². The van der Waals surface area contributed by atoms with Crippen molar-refractivity contribution < 1.29 is 4.92 Å². The van der Waals surface area contributed by atoms with Crippen molar-refractivity contribution in [2.45, 2.75) is 6.92 Å². The molecule has 7 heteroatoms. The van der Waals surface area contributed by atoms with Crippen molar-refractivity contribution in [2.24, 2.45) is 0 Å². The Morgan fingerprint density at radius 3 is 2.60 bits per heavy atom. The summed E-state index contributed by atoms with van der Waals surface area (Å²) >= 11 is 1.51. The van der Waals surface area contributed by atoms with E-state index in [-0.39, 0.29) is 10.6 Å². The predicted molar refractivity (Wildman–Crippen MR) is 82.8 cm³/mol. The van der Waals surface area contributed by atoms with Gasteiger partial charge in [0.25, 0.3) is 5.69 Å². The average molecular weight is 294 g/mol. The molecule has 2 rings (SSSR count). The van der Waals surface area contributed by atoms with Crippen molar-refractivity contribution in [3.8, 4) is 0 Å². The molecule has 0 fully saturated rings. The van der Waals surface area contributed by atoms with Gasteiger partial charge in [0, 0.05) is 31.8 Å². The van der Waals surface area contributed by atoms with Crippen LogP contribution in [-0.4, -0.2) is 49.0 Å². The monoisotopic (exact) mass is 294 g/mol. The molecular formula is C13H18N4O2S. The SMILES string of the molecule is Cc1c([N+](=O)[O-])ccc2nc(N(C)CCN(C)C)sc12. The van der Waals surface area contributed by atoms with Crippen LogP contribution in [0.5, 0.6) is 0 Å². The molecule has 0 bridgehead atoms. The lowest BCUT2D eigenvalue weighted by Gasteiger charge is -2.18. The first-order valence-corrected chi connectivity index (χ1v) is 7.12. The Hall–Kier alpha value is -1.73. The molecule has 0 aliphatic carbocycles. The van der Waals surface area contributed by atoms with Crippen LogP contribution in [0.2, 0.25) is 0 Å². The number of rotatable bonds is 5. The van der Waals surface area contributed by atoms with Crippen LogP contribution in [0.25, 0.3) is 10.2 Å². The molecule has 108 valence electrons. The maximum atomic E-state index is 11.0. The number of thiazole rings is 1. The summed E-state index contributed by atoms with van der Waals surface area (Å²) in [6.07, 6.45) is 0. The molecule has 0 unspecified atom stereocenters. The van der Waals surface area contributed by atoms with Crippen LogP contribution >= 0.6 is 11.3 Å². The van der Waals surface area contributed by atoms with Gasteiger partial charge in [-0.25, -0.2) is 4.98 Å². The first-order chi connectivity index (χ1) is 9.40. The van der Waals surface area contributed by atoms with E-state index in [1.54, 1.807) is 13.0 Å². The van der Waals surface area contributed by atoms with Crippen molar-refractivity contribution >= 4 is 32.4 Å². The molecule has 20 heavy (non-hydrogen) atoms.